The molecular weight excluding hydrogens is 360 g/mol. The highest BCUT2D eigenvalue weighted by Gasteiger charge is 2.34. The topological polar surface area (TPSA) is 83.6 Å². The van der Waals surface area contributed by atoms with Crippen molar-refractivity contribution in [3.63, 3.8) is 0 Å². The van der Waals surface area contributed by atoms with E-state index in [1.807, 2.05) is 0 Å². The highest BCUT2D eigenvalue weighted by atomic mass is 32.1. The van der Waals surface area contributed by atoms with Crippen molar-refractivity contribution in [1.29, 1.82) is 0 Å². The maximum atomic E-state index is 12.2. The fourth-order valence-corrected chi connectivity index (χ4v) is 3.17. The quantitative estimate of drug-likeness (QED) is 0.470. The third-order valence-corrected chi connectivity index (χ3v) is 4.89. The van der Waals surface area contributed by atoms with Crippen molar-refractivity contribution in [1.82, 2.24) is 10.2 Å². The Morgan fingerprint density at radius 3 is 2.20 bits per heavy atom. The molecule has 1 aliphatic heterocycles. The van der Waals surface area contributed by atoms with E-state index in [1.54, 1.807) is 24.3 Å². The van der Waals surface area contributed by atoms with Gasteiger partial charge in [0, 0.05) is 12.3 Å². The zero-order valence-electron chi connectivity index (χ0n) is 13.8. The molecule has 134 valence electrons. The summed E-state index contributed by atoms with van der Waals surface area (Å²) < 4.78 is 0. The molecule has 6 nitrogen and oxygen atoms in total. The standard InChI is InChI=1S/C17H20N2O4S2/c1-10(20)13(9-24)18-15(21)14(25)7-4-8-19-16(22)11-5-2-3-6-12(11)17(19)23/h2-3,5-6,13-14,24-25H,4,7-9H2,1H3,(H,18,21)/t13?,14-/m0/s1. The summed E-state index contributed by atoms with van der Waals surface area (Å²) in [5.41, 5.74) is 0.816. The fourth-order valence-electron chi connectivity index (χ4n) is 2.56. The highest BCUT2D eigenvalue weighted by molar-refractivity contribution is 7.81. The predicted molar refractivity (Wildman–Crippen MR) is 100 cm³/mol. The second kappa shape index (κ2) is 8.53. The van der Waals surface area contributed by atoms with E-state index in [2.05, 4.69) is 30.6 Å². The second-order valence-electron chi connectivity index (χ2n) is 5.82. The maximum Gasteiger partial charge on any atom is 0.261 e. The van der Waals surface area contributed by atoms with Gasteiger partial charge in [-0.1, -0.05) is 12.1 Å². The Labute approximate surface area is 157 Å². The summed E-state index contributed by atoms with van der Waals surface area (Å²) in [6.07, 6.45) is 0.818. The minimum atomic E-state index is -0.637. The third kappa shape index (κ3) is 4.43. The highest BCUT2D eigenvalue weighted by Crippen LogP contribution is 2.23. The maximum absolute atomic E-state index is 12.2. The van der Waals surface area contributed by atoms with Gasteiger partial charge in [-0.3, -0.25) is 24.1 Å². The Kier molecular flexibility index (Phi) is 6.66. The first kappa shape index (κ1) is 19.5. The lowest BCUT2D eigenvalue weighted by Crippen LogP contribution is -2.44. The van der Waals surface area contributed by atoms with Crippen molar-refractivity contribution in [3.05, 3.63) is 35.4 Å². The molecular formula is C17H20N2O4S2. The molecule has 0 radical (unpaired) electrons. The minimum Gasteiger partial charge on any atom is -0.345 e. The average Bonchev–Trinajstić information content (AvgIpc) is 2.84. The van der Waals surface area contributed by atoms with E-state index in [1.165, 1.54) is 11.8 Å². The first-order valence-electron chi connectivity index (χ1n) is 7.91. The molecule has 3 amide bonds. The molecule has 0 spiro atoms. The van der Waals surface area contributed by atoms with Gasteiger partial charge in [-0.15, -0.1) is 0 Å². The normalized spacial score (nSPS) is 15.7. The van der Waals surface area contributed by atoms with Crippen LogP contribution >= 0.6 is 25.3 Å². The number of fused-ring (bicyclic) bond motifs is 1. The molecule has 1 heterocycles. The van der Waals surface area contributed by atoms with Crippen LogP contribution in [0.25, 0.3) is 0 Å². The van der Waals surface area contributed by atoms with Gasteiger partial charge in [-0.25, -0.2) is 0 Å². The van der Waals surface area contributed by atoms with E-state index in [0.717, 1.165) is 0 Å². The van der Waals surface area contributed by atoms with E-state index < -0.39 is 11.3 Å². The van der Waals surface area contributed by atoms with Gasteiger partial charge < -0.3 is 5.32 Å². The molecule has 25 heavy (non-hydrogen) atoms. The van der Waals surface area contributed by atoms with Gasteiger partial charge in [0.2, 0.25) is 5.91 Å². The predicted octanol–water partition coefficient (Wildman–Crippen LogP) is 1.36. The van der Waals surface area contributed by atoms with Crippen molar-refractivity contribution < 1.29 is 19.2 Å². The van der Waals surface area contributed by atoms with E-state index >= 15 is 0 Å². The van der Waals surface area contributed by atoms with E-state index in [-0.39, 0.29) is 35.8 Å². The zero-order chi connectivity index (χ0) is 18.6. The Balaban J connectivity index is 1.85. The molecule has 1 aromatic carbocycles. The van der Waals surface area contributed by atoms with Crippen LogP contribution in [0.4, 0.5) is 0 Å². The molecule has 0 saturated heterocycles. The SMILES string of the molecule is CC(=O)C(CS)NC(=O)[C@@H](S)CCCN1C(=O)c2ccccc2C1=O. The molecule has 1 N–H and O–H groups in total. The molecule has 1 aromatic rings. The number of benzene rings is 1. The number of thiol groups is 2. The molecule has 1 aliphatic rings. The Morgan fingerprint density at radius 2 is 1.72 bits per heavy atom. The van der Waals surface area contributed by atoms with Crippen LogP contribution in [0.2, 0.25) is 0 Å². The number of carbonyl (C=O) groups excluding carboxylic acids is 4. The Hall–Kier alpha value is -1.80. The van der Waals surface area contributed by atoms with E-state index in [4.69, 9.17) is 0 Å². The Morgan fingerprint density at radius 1 is 1.16 bits per heavy atom. The van der Waals surface area contributed by atoms with Gasteiger partial charge in [-0.05, 0) is 31.9 Å². The molecule has 8 heteroatoms. The van der Waals surface area contributed by atoms with Crippen LogP contribution in [0.3, 0.4) is 0 Å². The number of carbonyl (C=O) groups is 4. The van der Waals surface area contributed by atoms with E-state index in [9.17, 15) is 19.2 Å². The van der Waals surface area contributed by atoms with Crippen LogP contribution in [-0.4, -0.2) is 52.0 Å². The summed E-state index contributed by atoms with van der Waals surface area (Å²) in [6, 6.07) is 6.05. The fraction of sp³-hybridized carbons (Fsp3) is 0.412. The number of imide groups is 1. The van der Waals surface area contributed by atoms with Crippen LogP contribution in [0.1, 0.15) is 40.5 Å². The van der Waals surface area contributed by atoms with Crippen molar-refractivity contribution in [2.75, 3.05) is 12.3 Å². The summed E-state index contributed by atoms with van der Waals surface area (Å²) in [5.74, 6) is -0.939. The van der Waals surface area contributed by atoms with Gasteiger partial charge in [0.1, 0.15) is 0 Å². The lowest BCUT2D eigenvalue weighted by atomic mass is 10.1. The molecule has 0 bridgehead atoms. The van der Waals surface area contributed by atoms with Crippen LogP contribution in [-0.2, 0) is 9.59 Å². The number of ketones is 1. The number of nitrogens with zero attached hydrogens (tertiary/aromatic N) is 1. The van der Waals surface area contributed by atoms with Gasteiger partial charge >= 0.3 is 0 Å². The summed E-state index contributed by atoms with van der Waals surface area (Å²) in [6.45, 7) is 1.61. The van der Waals surface area contributed by atoms with Gasteiger partial charge in [-0.2, -0.15) is 25.3 Å². The smallest absolute Gasteiger partial charge is 0.261 e. The summed E-state index contributed by atoms with van der Waals surface area (Å²) in [7, 11) is 0. The first-order valence-corrected chi connectivity index (χ1v) is 9.06. The molecule has 0 aliphatic carbocycles. The van der Waals surface area contributed by atoms with Crippen molar-refractivity contribution >= 4 is 48.8 Å². The molecule has 1 unspecified atom stereocenters. The van der Waals surface area contributed by atoms with Gasteiger partial charge in [0.15, 0.2) is 5.78 Å². The molecule has 2 rings (SSSR count). The van der Waals surface area contributed by atoms with Crippen LogP contribution < -0.4 is 5.32 Å². The number of amides is 3. The number of nitrogens with one attached hydrogen (secondary N) is 1. The zero-order valence-corrected chi connectivity index (χ0v) is 15.6. The Bertz CT molecular complexity index is 673. The van der Waals surface area contributed by atoms with E-state index in [0.29, 0.717) is 24.0 Å². The van der Waals surface area contributed by atoms with Crippen molar-refractivity contribution in [2.24, 2.45) is 0 Å². The van der Waals surface area contributed by atoms with Crippen molar-refractivity contribution in [3.8, 4) is 0 Å². The summed E-state index contributed by atoms with van der Waals surface area (Å²) >= 11 is 8.27. The molecule has 2 atom stereocenters. The first-order chi connectivity index (χ1) is 11.9. The van der Waals surface area contributed by atoms with Gasteiger partial charge in [0.05, 0.1) is 22.4 Å². The monoisotopic (exact) mass is 380 g/mol. The summed E-state index contributed by atoms with van der Waals surface area (Å²) in [4.78, 5) is 49.0. The largest absolute Gasteiger partial charge is 0.345 e. The minimum absolute atomic E-state index is 0.171. The molecule has 0 aromatic heterocycles. The van der Waals surface area contributed by atoms with Gasteiger partial charge in [0.25, 0.3) is 11.8 Å². The summed E-state index contributed by atoms with van der Waals surface area (Å²) in [5, 5.41) is 1.96. The third-order valence-electron chi connectivity index (χ3n) is 4.03. The average molecular weight is 380 g/mol. The second-order valence-corrected chi connectivity index (χ2v) is 6.81. The number of rotatable bonds is 8. The molecule has 0 saturated carbocycles. The number of Topliss-reactive ketones (excluding diaryl/α,β-unsaturated/α-hetero) is 1. The lowest BCUT2D eigenvalue weighted by molar-refractivity contribution is -0.126. The van der Waals surface area contributed by atoms with Crippen molar-refractivity contribution in [2.45, 2.75) is 31.1 Å². The number of hydrogen-bond acceptors (Lipinski definition) is 6. The van der Waals surface area contributed by atoms with Crippen LogP contribution in [0, 0.1) is 0 Å². The molecule has 0 fully saturated rings. The lowest BCUT2D eigenvalue weighted by Gasteiger charge is -2.18. The van der Waals surface area contributed by atoms with Crippen LogP contribution in [0.15, 0.2) is 24.3 Å². The van der Waals surface area contributed by atoms with Crippen LogP contribution in [0.5, 0.6) is 0 Å². The number of hydrogen-bond donors (Lipinski definition) is 3.